The number of hydrogen-bond donors (Lipinski definition) is 1. The van der Waals surface area contributed by atoms with Crippen LogP contribution in [-0.4, -0.2) is 30.1 Å². The van der Waals surface area contributed by atoms with Crippen molar-refractivity contribution in [2.75, 3.05) is 13.1 Å². The third-order valence-corrected chi connectivity index (χ3v) is 5.30. The monoisotopic (exact) mass is 288 g/mol. The average molecular weight is 288 g/mol. The van der Waals surface area contributed by atoms with Crippen LogP contribution in [-0.2, 0) is 0 Å². The minimum atomic E-state index is 0.493. The topological polar surface area (TPSA) is 15.3 Å². The molecule has 0 amide bonds. The van der Waals surface area contributed by atoms with Gasteiger partial charge in [0.25, 0.3) is 0 Å². The van der Waals surface area contributed by atoms with Crippen molar-refractivity contribution in [3.8, 4) is 0 Å². The van der Waals surface area contributed by atoms with Crippen LogP contribution in [0, 0.1) is 11.8 Å². The molecule has 1 fully saturated rings. The van der Waals surface area contributed by atoms with E-state index in [1.165, 1.54) is 12.0 Å². The average Bonchev–Trinajstić information content (AvgIpc) is 2.53. The van der Waals surface area contributed by atoms with Gasteiger partial charge in [-0.3, -0.25) is 4.90 Å². The Labute approximate surface area is 130 Å². The van der Waals surface area contributed by atoms with Gasteiger partial charge in [-0.25, -0.2) is 0 Å². The molecule has 1 aliphatic heterocycles. The second-order valence-electron chi connectivity index (χ2n) is 7.00. The molecular formula is C19H32N2. The smallest absolute Gasteiger partial charge is 0.0324 e. The standard InChI is InChI=1S/C19H32N2/c1-6-15(4)18-13-21(19(12-20-18)14(2)3)16(5)17-10-8-7-9-11-17/h7-11,14-16,18-20H,6,12-13H2,1-5H3. The van der Waals surface area contributed by atoms with E-state index in [9.17, 15) is 0 Å². The van der Waals surface area contributed by atoms with Gasteiger partial charge in [-0.05, 0) is 24.3 Å². The molecule has 0 spiro atoms. The van der Waals surface area contributed by atoms with E-state index in [1.807, 2.05) is 0 Å². The lowest BCUT2D eigenvalue weighted by Crippen LogP contribution is -2.60. The first kappa shape index (κ1) is 16.5. The summed E-state index contributed by atoms with van der Waals surface area (Å²) < 4.78 is 0. The molecular weight excluding hydrogens is 256 g/mol. The molecule has 0 aliphatic carbocycles. The van der Waals surface area contributed by atoms with E-state index in [-0.39, 0.29) is 0 Å². The Hall–Kier alpha value is -0.860. The molecule has 0 radical (unpaired) electrons. The van der Waals surface area contributed by atoms with Gasteiger partial charge in [0.05, 0.1) is 0 Å². The van der Waals surface area contributed by atoms with E-state index in [2.05, 4.69) is 75.2 Å². The van der Waals surface area contributed by atoms with Crippen LogP contribution in [0.2, 0.25) is 0 Å². The second kappa shape index (κ2) is 7.42. The molecule has 0 bridgehead atoms. The van der Waals surface area contributed by atoms with Gasteiger partial charge in [0.2, 0.25) is 0 Å². The van der Waals surface area contributed by atoms with E-state index < -0.39 is 0 Å². The number of nitrogens with one attached hydrogen (secondary N) is 1. The maximum atomic E-state index is 3.80. The second-order valence-corrected chi connectivity index (χ2v) is 7.00. The maximum absolute atomic E-state index is 3.80. The van der Waals surface area contributed by atoms with Crippen LogP contribution in [0.3, 0.4) is 0 Å². The van der Waals surface area contributed by atoms with E-state index in [0.29, 0.717) is 24.0 Å². The van der Waals surface area contributed by atoms with Gasteiger partial charge in [0, 0.05) is 31.2 Å². The van der Waals surface area contributed by atoms with Crippen molar-refractivity contribution in [3.63, 3.8) is 0 Å². The van der Waals surface area contributed by atoms with E-state index in [1.54, 1.807) is 0 Å². The van der Waals surface area contributed by atoms with Gasteiger partial charge in [-0.1, -0.05) is 64.4 Å². The van der Waals surface area contributed by atoms with Gasteiger partial charge in [-0.15, -0.1) is 0 Å². The fourth-order valence-corrected chi connectivity index (χ4v) is 3.47. The highest BCUT2D eigenvalue weighted by molar-refractivity contribution is 5.19. The molecule has 0 aromatic heterocycles. The summed E-state index contributed by atoms with van der Waals surface area (Å²) in [4.78, 5) is 2.73. The summed E-state index contributed by atoms with van der Waals surface area (Å²) in [6, 6.07) is 12.7. The molecule has 4 atom stereocenters. The normalized spacial score (nSPS) is 26.8. The number of hydrogen-bond acceptors (Lipinski definition) is 2. The van der Waals surface area contributed by atoms with Gasteiger partial charge in [0.1, 0.15) is 0 Å². The van der Waals surface area contributed by atoms with Gasteiger partial charge in [0.15, 0.2) is 0 Å². The first-order chi connectivity index (χ1) is 10.0. The number of piperazine rings is 1. The predicted octanol–water partition coefficient (Wildman–Crippen LogP) is 4.09. The summed E-state index contributed by atoms with van der Waals surface area (Å²) in [6.07, 6.45) is 1.25. The van der Waals surface area contributed by atoms with E-state index in [4.69, 9.17) is 0 Å². The molecule has 1 aromatic carbocycles. The van der Waals surface area contributed by atoms with Gasteiger partial charge in [-0.2, -0.15) is 0 Å². The summed E-state index contributed by atoms with van der Waals surface area (Å²) in [5, 5.41) is 3.80. The maximum Gasteiger partial charge on any atom is 0.0324 e. The van der Waals surface area contributed by atoms with Crippen molar-refractivity contribution < 1.29 is 0 Å². The molecule has 2 nitrogen and oxygen atoms in total. The fourth-order valence-electron chi connectivity index (χ4n) is 3.47. The summed E-state index contributed by atoms with van der Waals surface area (Å²) in [5.74, 6) is 1.42. The molecule has 1 N–H and O–H groups in total. The Morgan fingerprint density at radius 3 is 2.38 bits per heavy atom. The molecule has 4 unspecified atom stereocenters. The van der Waals surface area contributed by atoms with Crippen molar-refractivity contribution in [3.05, 3.63) is 35.9 Å². The molecule has 2 rings (SSSR count). The Morgan fingerprint density at radius 1 is 1.14 bits per heavy atom. The van der Waals surface area contributed by atoms with Crippen LogP contribution in [0.25, 0.3) is 0 Å². The predicted molar refractivity (Wildman–Crippen MR) is 91.4 cm³/mol. The Balaban J connectivity index is 2.17. The minimum Gasteiger partial charge on any atom is -0.311 e. The van der Waals surface area contributed by atoms with Crippen molar-refractivity contribution in [2.24, 2.45) is 11.8 Å². The molecule has 0 saturated carbocycles. The number of nitrogens with zero attached hydrogens (tertiary/aromatic N) is 1. The molecule has 2 heteroatoms. The van der Waals surface area contributed by atoms with Crippen molar-refractivity contribution in [1.82, 2.24) is 10.2 Å². The number of rotatable bonds is 5. The largest absolute Gasteiger partial charge is 0.311 e. The first-order valence-electron chi connectivity index (χ1n) is 8.58. The molecule has 1 heterocycles. The lowest BCUT2D eigenvalue weighted by Gasteiger charge is -2.47. The molecule has 118 valence electrons. The summed E-state index contributed by atoms with van der Waals surface area (Å²) in [7, 11) is 0. The third-order valence-electron chi connectivity index (χ3n) is 5.30. The number of benzene rings is 1. The fraction of sp³-hybridized carbons (Fsp3) is 0.684. The minimum absolute atomic E-state index is 0.493. The zero-order chi connectivity index (χ0) is 15.4. The first-order valence-corrected chi connectivity index (χ1v) is 8.58. The third kappa shape index (κ3) is 3.87. The van der Waals surface area contributed by atoms with Crippen LogP contribution in [0.1, 0.15) is 52.6 Å². The molecule has 1 saturated heterocycles. The summed E-state index contributed by atoms with van der Waals surface area (Å²) in [5.41, 5.74) is 1.44. The zero-order valence-electron chi connectivity index (χ0n) is 14.3. The lowest BCUT2D eigenvalue weighted by atomic mass is 9.90. The van der Waals surface area contributed by atoms with Gasteiger partial charge >= 0.3 is 0 Å². The quantitative estimate of drug-likeness (QED) is 0.878. The zero-order valence-corrected chi connectivity index (χ0v) is 14.3. The highest BCUT2D eigenvalue weighted by Gasteiger charge is 2.34. The lowest BCUT2D eigenvalue weighted by molar-refractivity contribution is 0.0488. The summed E-state index contributed by atoms with van der Waals surface area (Å²) in [6.45, 7) is 14.0. The Bertz CT molecular complexity index is 415. The van der Waals surface area contributed by atoms with Gasteiger partial charge < -0.3 is 5.32 Å². The van der Waals surface area contributed by atoms with Crippen LogP contribution in [0.5, 0.6) is 0 Å². The highest BCUT2D eigenvalue weighted by atomic mass is 15.3. The van der Waals surface area contributed by atoms with E-state index >= 15 is 0 Å². The summed E-state index contributed by atoms with van der Waals surface area (Å²) >= 11 is 0. The Kier molecular flexibility index (Phi) is 5.83. The van der Waals surface area contributed by atoms with Crippen LogP contribution < -0.4 is 5.32 Å². The van der Waals surface area contributed by atoms with Crippen LogP contribution in [0.4, 0.5) is 0 Å². The van der Waals surface area contributed by atoms with Crippen molar-refractivity contribution >= 4 is 0 Å². The van der Waals surface area contributed by atoms with Crippen molar-refractivity contribution in [2.45, 2.75) is 59.2 Å². The molecule has 1 aliphatic rings. The molecule has 1 aromatic rings. The van der Waals surface area contributed by atoms with Crippen LogP contribution in [0.15, 0.2) is 30.3 Å². The van der Waals surface area contributed by atoms with Crippen LogP contribution >= 0.6 is 0 Å². The molecule has 21 heavy (non-hydrogen) atoms. The van der Waals surface area contributed by atoms with Crippen molar-refractivity contribution in [1.29, 1.82) is 0 Å². The SMILES string of the molecule is CCC(C)C1CN(C(C)c2ccccc2)C(C(C)C)CN1. The highest BCUT2D eigenvalue weighted by Crippen LogP contribution is 2.29. The Morgan fingerprint density at radius 2 is 1.81 bits per heavy atom. The van der Waals surface area contributed by atoms with E-state index in [0.717, 1.165) is 19.0 Å².